The van der Waals surface area contributed by atoms with Crippen LogP contribution in [0.1, 0.15) is 38.5 Å². The van der Waals surface area contributed by atoms with Crippen LogP contribution in [0.5, 0.6) is 0 Å². The largest absolute Gasteiger partial charge is 0.392 e. The smallest absolute Gasteiger partial charge is 0.197 e. The molecule has 0 N–H and O–H groups in total. The van der Waals surface area contributed by atoms with Gasteiger partial charge in [-0.2, -0.15) is 18.4 Å². The molecule has 1 saturated carbocycles. The summed E-state index contributed by atoms with van der Waals surface area (Å²) in [7, 11) is 0. The van der Waals surface area contributed by atoms with E-state index in [-0.39, 0.29) is 12.8 Å². The molecule has 4 heteroatoms. The third kappa shape index (κ3) is 1.83. The molecular formula is C12H14F3N. The Labute approximate surface area is 92.9 Å². The minimum atomic E-state index is -4.11. The van der Waals surface area contributed by atoms with Crippen molar-refractivity contribution >= 4 is 0 Å². The fourth-order valence-electron chi connectivity index (χ4n) is 2.61. The predicted octanol–water partition coefficient (Wildman–Crippen LogP) is 3.97. The van der Waals surface area contributed by atoms with Crippen LogP contribution in [0.2, 0.25) is 0 Å². The van der Waals surface area contributed by atoms with Crippen molar-refractivity contribution in [2.75, 3.05) is 0 Å². The molecule has 88 valence electrons. The van der Waals surface area contributed by atoms with E-state index in [1.54, 1.807) is 0 Å². The molecule has 0 radical (unpaired) electrons. The van der Waals surface area contributed by atoms with E-state index in [9.17, 15) is 13.2 Å². The van der Waals surface area contributed by atoms with Gasteiger partial charge in [0.25, 0.3) is 0 Å². The maximum atomic E-state index is 12.6. The molecule has 0 amide bonds. The molecule has 0 heterocycles. The van der Waals surface area contributed by atoms with E-state index >= 15 is 0 Å². The molecule has 0 aromatic heterocycles. The van der Waals surface area contributed by atoms with E-state index in [0.29, 0.717) is 6.42 Å². The van der Waals surface area contributed by atoms with E-state index in [1.165, 1.54) is 0 Å². The lowest BCUT2D eigenvalue weighted by Gasteiger charge is -2.40. The molecule has 1 atom stereocenters. The summed E-state index contributed by atoms with van der Waals surface area (Å²) in [6.45, 7) is 0. The maximum Gasteiger partial charge on any atom is 0.392 e. The van der Waals surface area contributed by atoms with Gasteiger partial charge in [-0.25, -0.2) is 0 Å². The molecule has 0 unspecified atom stereocenters. The molecule has 2 rings (SSSR count). The number of hydrogen-bond donors (Lipinski definition) is 0. The number of nitrogens with zero attached hydrogens (tertiary/aromatic N) is 1. The summed E-state index contributed by atoms with van der Waals surface area (Å²) >= 11 is 0. The highest BCUT2D eigenvalue weighted by Gasteiger charge is 2.47. The second-order valence-electron chi connectivity index (χ2n) is 4.80. The molecule has 1 fully saturated rings. The van der Waals surface area contributed by atoms with Crippen LogP contribution in [0.4, 0.5) is 13.2 Å². The van der Waals surface area contributed by atoms with Crippen molar-refractivity contribution in [3.8, 4) is 6.07 Å². The summed E-state index contributed by atoms with van der Waals surface area (Å²) in [5, 5.41) is 9.11. The van der Waals surface area contributed by atoms with Crippen LogP contribution in [-0.2, 0) is 0 Å². The summed E-state index contributed by atoms with van der Waals surface area (Å²) in [6, 6.07) is 2.22. The molecule has 2 aliphatic rings. The van der Waals surface area contributed by atoms with Crippen molar-refractivity contribution in [2.45, 2.75) is 44.7 Å². The standard InChI is InChI=1S/C12H14F3N/c13-12(14,15)10-4-1-3-9(7-10)11(8-16)5-2-6-11/h3,10H,1-2,4-7H2/t10-/m0/s1. The first-order valence-electron chi connectivity index (χ1n) is 5.65. The first-order valence-corrected chi connectivity index (χ1v) is 5.65. The highest BCUT2D eigenvalue weighted by Crippen LogP contribution is 2.51. The highest BCUT2D eigenvalue weighted by molar-refractivity contribution is 5.29. The normalized spacial score (nSPS) is 28.9. The van der Waals surface area contributed by atoms with Gasteiger partial charge in [0.1, 0.15) is 0 Å². The van der Waals surface area contributed by atoms with E-state index < -0.39 is 17.5 Å². The van der Waals surface area contributed by atoms with Crippen LogP contribution in [0, 0.1) is 22.7 Å². The summed E-state index contributed by atoms with van der Waals surface area (Å²) in [5.41, 5.74) is 0.194. The average molecular weight is 229 g/mol. The second-order valence-corrected chi connectivity index (χ2v) is 4.80. The number of allylic oxidation sites excluding steroid dienone is 2. The fourth-order valence-corrected chi connectivity index (χ4v) is 2.61. The Morgan fingerprint density at radius 1 is 1.38 bits per heavy atom. The van der Waals surface area contributed by atoms with Gasteiger partial charge in [-0.15, -0.1) is 0 Å². The molecule has 0 aliphatic heterocycles. The SMILES string of the molecule is N#CC1(C2=CCC[C@H](C(F)(F)F)C2)CCC1. The van der Waals surface area contributed by atoms with Gasteiger partial charge in [0.2, 0.25) is 0 Å². The maximum absolute atomic E-state index is 12.6. The first-order chi connectivity index (χ1) is 7.48. The van der Waals surface area contributed by atoms with Gasteiger partial charge in [0.15, 0.2) is 0 Å². The van der Waals surface area contributed by atoms with Gasteiger partial charge < -0.3 is 0 Å². The summed E-state index contributed by atoms with van der Waals surface area (Å²) in [6.07, 6.45) is 0.862. The zero-order valence-corrected chi connectivity index (χ0v) is 8.98. The Morgan fingerprint density at radius 3 is 2.50 bits per heavy atom. The third-order valence-electron chi connectivity index (χ3n) is 3.87. The number of hydrogen-bond acceptors (Lipinski definition) is 1. The summed E-state index contributed by atoms with van der Waals surface area (Å²) in [5.74, 6) is -1.24. The number of alkyl halides is 3. The molecule has 0 aromatic rings. The fraction of sp³-hybridized carbons (Fsp3) is 0.750. The van der Waals surface area contributed by atoms with E-state index in [0.717, 1.165) is 24.8 Å². The summed E-state index contributed by atoms with van der Waals surface area (Å²) < 4.78 is 37.9. The van der Waals surface area contributed by atoms with Gasteiger partial charge in [-0.3, -0.25) is 0 Å². The Balaban J connectivity index is 2.13. The zero-order chi connectivity index (χ0) is 11.8. The number of halogens is 3. The van der Waals surface area contributed by atoms with Crippen LogP contribution in [0.3, 0.4) is 0 Å². The lowest BCUT2D eigenvalue weighted by molar-refractivity contribution is -0.177. The number of rotatable bonds is 1. The van der Waals surface area contributed by atoms with Gasteiger partial charge in [0, 0.05) is 0 Å². The van der Waals surface area contributed by atoms with Crippen molar-refractivity contribution < 1.29 is 13.2 Å². The predicted molar refractivity (Wildman–Crippen MR) is 53.4 cm³/mol. The van der Waals surface area contributed by atoms with Gasteiger partial charge in [-0.1, -0.05) is 11.6 Å². The van der Waals surface area contributed by atoms with Gasteiger partial charge in [-0.05, 0) is 38.5 Å². The van der Waals surface area contributed by atoms with Crippen LogP contribution in [-0.4, -0.2) is 6.18 Å². The van der Waals surface area contributed by atoms with E-state index in [4.69, 9.17) is 5.26 Å². The average Bonchev–Trinajstić information content (AvgIpc) is 2.16. The van der Waals surface area contributed by atoms with E-state index in [2.05, 4.69) is 6.07 Å². The van der Waals surface area contributed by atoms with Crippen LogP contribution >= 0.6 is 0 Å². The van der Waals surface area contributed by atoms with Crippen LogP contribution in [0.15, 0.2) is 11.6 Å². The molecule has 16 heavy (non-hydrogen) atoms. The quantitative estimate of drug-likeness (QED) is 0.624. The van der Waals surface area contributed by atoms with Crippen LogP contribution < -0.4 is 0 Å². The lowest BCUT2D eigenvalue weighted by Crippen LogP contribution is -2.34. The zero-order valence-electron chi connectivity index (χ0n) is 8.98. The van der Waals surface area contributed by atoms with Crippen molar-refractivity contribution in [1.29, 1.82) is 5.26 Å². The highest BCUT2D eigenvalue weighted by atomic mass is 19.4. The monoisotopic (exact) mass is 229 g/mol. The first kappa shape index (κ1) is 11.5. The van der Waals surface area contributed by atoms with Gasteiger partial charge >= 0.3 is 6.18 Å². The molecule has 1 nitrogen and oxygen atoms in total. The topological polar surface area (TPSA) is 23.8 Å². The molecule has 0 aromatic carbocycles. The van der Waals surface area contributed by atoms with Crippen molar-refractivity contribution in [1.82, 2.24) is 0 Å². The molecular weight excluding hydrogens is 215 g/mol. The molecule has 0 spiro atoms. The van der Waals surface area contributed by atoms with Crippen molar-refractivity contribution in [3.05, 3.63) is 11.6 Å². The molecule has 0 saturated heterocycles. The molecule has 2 aliphatic carbocycles. The van der Waals surface area contributed by atoms with Crippen LogP contribution in [0.25, 0.3) is 0 Å². The third-order valence-corrected chi connectivity index (χ3v) is 3.87. The van der Waals surface area contributed by atoms with E-state index in [1.807, 2.05) is 6.08 Å². The minimum Gasteiger partial charge on any atom is -0.197 e. The lowest BCUT2D eigenvalue weighted by atomic mass is 9.62. The minimum absolute atomic E-state index is 0.0388. The Morgan fingerprint density at radius 2 is 2.06 bits per heavy atom. The Kier molecular flexibility index (Phi) is 2.73. The van der Waals surface area contributed by atoms with Crippen molar-refractivity contribution in [3.63, 3.8) is 0 Å². The Bertz CT molecular complexity index is 344. The molecule has 0 bridgehead atoms. The Hall–Kier alpha value is -0.980. The summed E-state index contributed by atoms with van der Waals surface area (Å²) in [4.78, 5) is 0. The van der Waals surface area contributed by atoms with Gasteiger partial charge in [0.05, 0.1) is 17.4 Å². The van der Waals surface area contributed by atoms with Crippen molar-refractivity contribution in [2.24, 2.45) is 11.3 Å². The second kappa shape index (κ2) is 3.80. The number of nitriles is 1.